The van der Waals surface area contributed by atoms with Crippen molar-refractivity contribution in [2.24, 2.45) is 0 Å². The zero-order valence-corrected chi connectivity index (χ0v) is 13.7. The van der Waals surface area contributed by atoms with E-state index in [0.29, 0.717) is 28.4 Å². The topological polar surface area (TPSA) is 53.9 Å². The lowest BCUT2D eigenvalue weighted by molar-refractivity contribution is 0.156. The van der Waals surface area contributed by atoms with E-state index in [9.17, 15) is 4.79 Å². The fourth-order valence-electron chi connectivity index (χ4n) is 3.21. The molecule has 0 spiro atoms. The number of hydrogen-bond donors (Lipinski definition) is 1. The van der Waals surface area contributed by atoms with E-state index in [1.54, 1.807) is 22.9 Å². The van der Waals surface area contributed by atoms with Crippen LogP contribution in [0.4, 0.5) is 0 Å². The lowest BCUT2D eigenvalue weighted by atomic mass is 10.0. The molecule has 22 heavy (non-hydrogen) atoms. The van der Waals surface area contributed by atoms with E-state index < -0.39 is 0 Å². The van der Waals surface area contributed by atoms with Gasteiger partial charge in [0.25, 0.3) is 5.56 Å². The van der Waals surface area contributed by atoms with Gasteiger partial charge in [0.15, 0.2) is 4.77 Å². The molecule has 0 bridgehead atoms. The van der Waals surface area contributed by atoms with Gasteiger partial charge in [0, 0.05) is 25.3 Å². The molecule has 0 saturated carbocycles. The molecular formula is C16H22N4OS. The summed E-state index contributed by atoms with van der Waals surface area (Å²) in [6.45, 7) is 5.14. The van der Waals surface area contributed by atoms with Crippen molar-refractivity contribution in [2.75, 3.05) is 13.1 Å². The van der Waals surface area contributed by atoms with Crippen LogP contribution in [0, 0.1) is 4.77 Å². The van der Waals surface area contributed by atoms with Gasteiger partial charge in [-0.1, -0.05) is 6.42 Å². The summed E-state index contributed by atoms with van der Waals surface area (Å²) in [7, 11) is 0. The van der Waals surface area contributed by atoms with E-state index in [1.165, 1.54) is 25.8 Å². The van der Waals surface area contributed by atoms with Crippen molar-refractivity contribution in [1.29, 1.82) is 0 Å². The number of pyridine rings is 1. The van der Waals surface area contributed by atoms with Crippen LogP contribution in [0.2, 0.25) is 0 Å². The molecule has 0 aliphatic carbocycles. The number of piperidine rings is 1. The smallest absolute Gasteiger partial charge is 0.263 e. The summed E-state index contributed by atoms with van der Waals surface area (Å²) in [4.78, 5) is 22.2. The second kappa shape index (κ2) is 6.71. The third-order valence-corrected chi connectivity index (χ3v) is 4.84. The maximum absolute atomic E-state index is 12.5. The molecule has 2 aromatic heterocycles. The van der Waals surface area contributed by atoms with Crippen molar-refractivity contribution >= 4 is 23.3 Å². The SMILES string of the molecule is C[C@H]1CCCCN1CCCn1c(=S)[nH]c2ncccc2c1=O. The fourth-order valence-corrected chi connectivity index (χ4v) is 3.48. The van der Waals surface area contributed by atoms with Gasteiger partial charge in [-0.2, -0.15) is 0 Å². The highest BCUT2D eigenvalue weighted by atomic mass is 32.1. The summed E-state index contributed by atoms with van der Waals surface area (Å²) in [5.41, 5.74) is 0.525. The van der Waals surface area contributed by atoms with Crippen LogP contribution in [0.5, 0.6) is 0 Å². The van der Waals surface area contributed by atoms with Crippen LogP contribution < -0.4 is 5.56 Å². The molecule has 1 aliphatic rings. The van der Waals surface area contributed by atoms with Gasteiger partial charge in [-0.25, -0.2) is 4.98 Å². The van der Waals surface area contributed by atoms with Crippen molar-refractivity contribution in [3.63, 3.8) is 0 Å². The number of aromatic amines is 1. The molecule has 0 radical (unpaired) electrons. The quantitative estimate of drug-likeness (QED) is 0.881. The summed E-state index contributed by atoms with van der Waals surface area (Å²) in [5, 5.41) is 0.599. The minimum Gasteiger partial charge on any atom is -0.316 e. The molecule has 3 rings (SSSR count). The van der Waals surface area contributed by atoms with E-state index in [-0.39, 0.29) is 5.56 Å². The summed E-state index contributed by atoms with van der Waals surface area (Å²) in [6, 6.07) is 4.22. The minimum atomic E-state index is -0.0430. The van der Waals surface area contributed by atoms with Crippen LogP contribution in [0.3, 0.4) is 0 Å². The van der Waals surface area contributed by atoms with E-state index in [0.717, 1.165) is 13.0 Å². The molecule has 6 heteroatoms. The fraction of sp³-hybridized carbons (Fsp3) is 0.562. The first-order chi connectivity index (χ1) is 10.7. The Balaban J connectivity index is 1.74. The highest BCUT2D eigenvalue weighted by molar-refractivity contribution is 7.71. The maximum atomic E-state index is 12.5. The molecular weight excluding hydrogens is 296 g/mol. The number of aromatic nitrogens is 3. The Morgan fingerprint density at radius 2 is 2.27 bits per heavy atom. The molecule has 0 aromatic carbocycles. The summed E-state index contributed by atoms with van der Waals surface area (Å²) < 4.78 is 2.12. The summed E-state index contributed by atoms with van der Waals surface area (Å²) in [6.07, 6.45) is 6.50. The second-order valence-corrected chi connectivity index (χ2v) is 6.41. The number of rotatable bonds is 4. The Morgan fingerprint density at radius 3 is 3.09 bits per heavy atom. The van der Waals surface area contributed by atoms with E-state index in [2.05, 4.69) is 21.8 Å². The first-order valence-corrected chi connectivity index (χ1v) is 8.39. The molecule has 0 amide bonds. The zero-order valence-electron chi connectivity index (χ0n) is 12.9. The minimum absolute atomic E-state index is 0.0430. The maximum Gasteiger partial charge on any atom is 0.263 e. The van der Waals surface area contributed by atoms with Gasteiger partial charge in [0.1, 0.15) is 5.65 Å². The highest BCUT2D eigenvalue weighted by Gasteiger charge is 2.17. The lowest BCUT2D eigenvalue weighted by Gasteiger charge is -2.33. The largest absolute Gasteiger partial charge is 0.316 e. The average molecular weight is 318 g/mol. The van der Waals surface area contributed by atoms with Gasteiger partial charge in [-0.15, -0.1) is 0 Å². The second-order valence-electron chi connectivity index (χ2n) is 6.02. The van der Waals surface area contributed by atoms with Gasteiger partial charge in [0.2, 0.25) is 0 Å². The first kappa shape index (κ1) is 15.4. The van der Waals surface area contributed by atoms with Crippen LogP contribution in [0.25, 0.3) is 11.0 Å². The first-order valence-electron chi connectivity index (χ1n) is 7.99. The Bertz CT molecular complexity index is 767. The summed E-state index contributed by atoms with van der Waals surface area (Å²) in [5.74, 6) is 0. The van der Waals surface area contributed by atoms with Gasteiger partial charge in [-0.05, 0) is 57.1 Å². The molecule has 0 unspecified atom stereocenters. The molecule has 2 aromatic rings. The molecule has 118 valence electrons. The number of nitrogens with one attached hydrogen (secondary N) is 1. The van der Waals surface area contributed by atoms with Gasteiger partial charge >= 0.3 is 0 Å². The standard InChI is InChI=1S/C16H22N4OS/c1-12-6-2-3-9-19(12)10-5-11-20-15(21)13-7-4-8-17-14(13)18-16(20)22/h4,7-8,12H,2-3,5-6,9-11H2,1H3,(H,17,18,22)/t12-/m0/s1. The molecule has 5 nitrogen and oxygen atoms in total. The Kier molecular flexibility index (Phi) is 4.69. The van der Waals surface area contributed by atoms with Crippen LogP contribution in [0.1, 0.15) is 32.6 Å². The molecule has 1 aliphatic heterocycles. The Hall–Kier alpha value is -1.53. The Labute approximate surface area is 135 Å². The van der Waals surface area contributed by atoms with Crippen LogP contribution in [-0.2, 0) is 6.54 Å². The van der Waals surface area contributed by atoms with Crippen LogP contribution >= 0.6 is 12.2 Å². The number of likely N-dealkylation sites (tertiary alicyclic amines) is 1. The van der Waals surface area contributed by atoms with Crippen molar-refractivity contribution in [1.82, 2.24) is 19.4 Å². The predicted octanol–water partition coefficient (Wildman–Crippen LogP) is 2.72. The van der Waals surface area contributed by atoms with Crippen molar-refractivity contribution in [3.05, 3.63) is 33.5 Å². The molecule has 1 N–H and O–H groups in total. The normalized spacial score (nSPS) is 19.6. The predicted molar refractivity (Wildman–Crippen MR) is 90.7 cm³/mol. The molecule has 1 fully saturated rings. The number of hydrogen-bond acceptors (Lipinski definition) is 4. The monoisotopic (exact) mass is 318 g/mol. The van der Waals surface area contributed by atoms with E-state index in [1.807, 2.05) is 0 Å². The summed E-state index contributed by atoms with van der Waals surface area (Å²) >= 11 is 5.31. The third kappa shape index (κ3) is 3.13. The van der Waals surface area contributed by atoms with Crippen molar-refractivity contribution in [3.8, 4) is 0 Å². The van der Waals surface area contributed by atoms with Crippen molar-refractivity contribution in [2.45, 2.75) is 45.2 Å². The van der Waals surface area contributed by atoms with Gasteiger partial charge in [-0.3, -0.25) is 9.36 Å². The van der Waals surface area contributed by atoms with Gasteiger partial charge < -0.3 is 9.88 Å². The lowest BCUT2D eigenvalue weighted by Crippen LogP contribution is -2.38. The average Bonchev–Trinajstić information content (AvgIpc) is 2.52. The molecule has 1 saturated heterocycles. The van der Waals surface area contributed by atoms with E-state index in [4.69, 9.17) is 12.2 Å². The zero-order chi connectivity index (χ0) is 15.5. The number of H-pyrrole nitrogens is 1. The van der Waals surface area contributed by atoms with E-state index >= 15 is 0 Å². The van der Waals surface area contributed by atoms with Crippen molar-refractivity contribution < 1.29 is 0 Å². The molecule has 3 heterocycles. The third-order valence-electron chi connectivity index (χ3n) is 4.52. The van der Waals surface area contributed by atoms with Crippen LogP contribution in [0.15, 0.2) is 23.1 Å². The molecule has 1 atom stereocenters. The van der Waals surface area contributed by atoms with Crippen LogP contribution in [-0.4, -0.2) is 38.6 Å². The number of nitrogens with zero attached hydrogens (tertiary/aromatic N) is 3. The van der Waals surface area contributed by atoms with Gasteiger partial charge in [0.05, 0.1) is 5.39 Å². The highest BCUT2D eigenvalue weighted by Crippen LogP contribution is 2.16. The Morgan fingerprint density at radius 1 is 1.41 bits per heavy atom. The number of fused-ring (bicyclic) bond motifs is 1.